The lowest BCUT2D eigenvalue weighted by Crippen LogP contribution is -2.59. The molecule has 3 nitrogen and oxygen atoms in total. The summed E-state index contributed by atoms with van der Waals surface area (Å²) in [4.78, 5) is 0. The first-order valence-electron chi connectivity index (χ1n) is 6.79. The third-order valence-electron chi connectivity index (χ3n) is 4.37. The summed E-state index contributed by atoms with van der Waals surface area (Å²) >= 11 is 6.22. The van der Waals surface area contributed by atoms with E-state index >= 15 is 0 Å². The Morgan fingerprint density at radius 2 is 1.95 bits per heavy atom. The molecule has 1 aliphatic rings. The standard InChI is InChI=1S/C15H19ClF3NO2/c1-7-5-8-9(11(22-4)10(7)16)13(2,3)6-14(21,12(8)20)15(17,18)19/h5,12,21H,6,20H2,1-4H3. The Balaban J connectivity index is 2.81. The third-order valence-corrected chi connectivity index (χ3v) is 4.84. The van der Waals surface area contributed by atoms with Crippen molar-refractivity contribution in [1.82, 2.24) is 0 Å². The lowest BCUT2D eigenvalue weighted by molar-refractivity contribution is -0.278. The second-order valence-electron chi connectivity index (χ2n) is 6.47. The maximum absolute atomic E-state index is 13.4. The van der Waals surface area contributed by atoms with Gasteiger partial charge in [-0.25, -0.2) is 0 Å². The van der Waals surface area contributed by atoms with Crippen LogP contribution in [0.15, 0.2) is 6.07 Å². The summed E-state index contributed by atoms with van der Waals surface area (Å²) in [5, 5.41) is 10.6. The fourth-order valence-corrected chi connectivity index (χ4v) is 3.56. The van der Waals surface area contributed by atoms with E-state index in [9.17, 15) is 18.3 Å². The summed E-state index contributed by atoms with van der Waals surface area (Å²) in [5.74, 6) is 0.321. The van der Waals surface area contributed by atoms with Crippen molar-refractivity contribution in [2.45, 2.75) is 50.4 Å². The highest BCUT2D eigenvalue weighted by atomic mass is 35.5. The molecule has 7 heteroatoms. The zero-order chi connectivity index (χ0) is 17.1. The number of rotatable bonds is 1. The Hall–Kier alpha value is -0.980. The zero-order valence-corrected chi connectivity index (χ0v) is 13.6. The van der Waals surface area contributed by atoms with Crippen molar-refractivity contribution in [3.05, 3.63) is 27.8 Å². The normalized spacial score (nSPS) is 27.5. The number of alkyl halides is 3. The molecule has 22 heavy (non-hydrogen) atoms. The van der Waals surface area contributed by atoms with Crippen molar-refractivity contribution in [2.24, 2.45) is 5.73 Å². The Labute approximate surface area is 132 Å². The number of halogens is 4. The molecule has 0 bridgehead atoms. The van der Waals surface area contributed by atoms with Gasteiger partial charge >= 0.3 is 6.18 Å². The fourth-order valence-electron chi connectivity index (χ4n) is 3.33. The van der Waals surface area contributed by atoms with Crippen molar-refractivity contribution in [3.63, 3.8) is 0 Å². The SMILES string of the molecule is COc1c(Cl)c(C)cc2c1C(C)(C)CC(O)(C(F)(F)F)C2N. The fraction of sp³-hybridized carbons (Fsp3) is 0.600. The highest BCUT2D eigenvalue weighted by Crippen LogP contribution is 2.56. The lowest BCUT2D eigenvalue weighted by atomic mass is 9.63. The zero-order valence-electron chi connectivity index (χ0n) is 12.8. The van der Waals surface area contributed by atoms with Crippen LogP contribution in [0, 0.1) is 6.92 Å². The molecule has 0 saturated heterocycles. The number of hydrogen-bond donors (Lipinski definition) is 2. The van der Waals surface area contributed by atoms with Crippen molar-refractivity contribution in [3.8, 4) is 5.75 Å². The number of fused-ring (bicyclic) bond motifs is 1. The van der Waals surface area contributed by atoms with Gasteiger partial charge in [-0.15, -0.1) is 0 Å². The number of aryl methyl sites for hydroxylation is 1. The first kappa shape index (κ1) is 17.4. The van der Waals surface area contributed by atoms with Gasteiger partial charge in [0.1, 0.15) is 5.75 Å². The Kier molecular flexibility index (Phi) is 3.96. The van der Waals surface area contributed by atoms with Gasteiger partial charge in [-0.05, 0) is 29.9 Å². The van der Waals surface area contributed by atoms with Crippen LogP contribution in [0.25, 0.3) is 0 Å². The molecular formula is C15H19ClF3NO2. The van der Waals surface area contributed by atoms with Crippen molar-refractivity contribution in [1.29, 1.82) is 0 Å². The number of nitrogens with two attached hydrogens (primary N) is 1. The monoisotopic (exact) mass is 337 g/mol. The van der Waals surface area contributed by atoms with Crippen molar-refractivity contribution >= 4 is 11.6 Å². The van der Waals surface area contributed by atoms with Gasteiger partial charge in [-0.1, -0.05) is 31.5 Å². The number of benzene rings is 1. The second-order valence-corrected chi connectivity index (χ2v) is 6.84. The molecule has 0 spiro atoms. The minimum Gasteiger partial charge on any atom is -0.495 e. The summed E-state index contributed by atoms with van der Waals surface area (Å²) in [7, 11) is 1.41. The van der Waals surface area contributed by atoms with E-state index in [2.05, 4.69) is 0 Å². The molecule has 1 aromatic rings. The summed E-state index contributed by atoms with van der Waals surface area (Å²) in [6.07, 6.45) is -5.39. The van der Waals surface area contributed by atoms with Crippen LogP contribution in [0.4, 0.5) is 13.2 Å². The molecular weight excluding hydrogens is 319 g/mol. The minimum atomic E-state index is -4.83. The van der Waals surface area contributed by atoms with E-state index < -0.39 is 29.7 Å². The highest BCUT2D eigenvalue weighted by molar-refractivity contribution is 6.33. The lowest BCUT2D eigenvalue weighted by Gasteiger charge is -2.47. The van der Waals surface area contributed by atoms with E-state index in [1.165, 1.54) is 13.2 Å². The van der Waals surface area contributed by atoms with E-state index in [1.807, 2.05) is 0 Å². The van der Waals surface area contributed by atoms with Gasteiger partial charge in [-0.3, -0.25) is 0 Å². The van der Waals surface area contributed by atoms with E-state index in [1.54, 1.807) is 20.8 Å². The number of methoxy groups -OCH3 is 1. The van der Waals surface area contributed by atoms with Gasteiger partial charge in [0.15, 0.2) is 5.60 Å². The van der Waals surface area contributed by atoms with E-state index in [4.69, 9.17) is 22.1 Å². The van der Waals surface area contributed by atoms with Crippen LogP contribution < -0.4 is 10.5 Å². The first-order chi connectivity index (χ1) is 9.87. The molecule has 0 aliphatic heterocycles. The molecule has 2 unspecified atom stereocenters. The van der Waals surface area contributed by atoms with Gasteiger partial charge in [0.05, 0.1) is 18.2 Å². The van der Waals surface area contributed by atoms with Crippen LogP contribution >= 0.6 is 11.6 Å². The average Bonchev–Trinajstić information content (AvgIpc) is 2.36. The predicted octanol–water partition coefficient (Wildman–Crippen LogP) is 3.63. The van der Waals surface area contributed by atoms with E-state index in [-0.39, 0.29) is 5.56 Å². The Morgan fingerprint density at radius 1 is 1.41 bits per heavy atom. The van der Waals surface area contributed by atoms with Crippen LogP contribution in [-0.2, 0) is 5.41 Å². The Morgan fingerprint density at radius 3 is 2.41 bits per heavy atom. The molecule has 1 aromatic carbocycles. The van der Waals surface area contributed by atoms with Crippen LogP contribution in [-0.4, -0.2) is 24.0 Å². The summed E-state index contributed by atoms with van der Waals surface area (Å²) < 4.78 is 45.5. The molecule has 0 saturated carbocycles. The number of aliphatic hydroxyl groups is 1. The minimum absolute atomic E-state index is 0.217. The van der Waals surface area contributed by atoms with E-state index in [0.29, 0.717) is 21.9 Å². The van der Waals surface area contributed by atoms with Gasteiger partial charge in [0.2, 0.25) is 0 Å². The smallest absolute Gasteiger partial charge is 0.419 e. The van der Waals surface area contributed by atoms with Crippen molar-refractivity contribution in [2.75, 3.05) is 7.11 Å². The second kappa shape index (κ2) is 5.01. The summed E-state index contributed by atoms with van der Waals surface area (Å²) in [6, 6.07) is -0.0944. The van der Waals surface area contributed by atoms with Gasteiger partial charge in [0.25, 0.3) is 0 Å². The molecule has 0 heterocycles. The third kappa shape index (κ3) is 2.28. The molecule has 0 radical (unpaired) electrons. The molecule has 1 aliphatic carbocycles. The van der Waals surface area contributed by atoms with Gasteiger partial charge in [-0.2, -0.15) is 13.2 Å². The maximum Gasteiger partial charge on any atom is 0.419 e. The topological polar surface area (TPSA) is 55.5 Å². The van der Waals surface area contributed by atoms with Gasteiger partial charge in [0, 0.05) is 5.56 Å². The van der Waals surface area contributed by atoms with Crippen LogP contribution in [0.1, 0.15) is 43.0 Å². The molecule has 2 rings (SSSR count). The molecule has 0 aromatic heterocycles. The maximum atomic E-state index is 13.4. The van der Waals surface area contributed by atoms with Gasteiger partial charge < -0.3 is 15.6 Å². The predicted molar refractivity (Wildman–Crippen MR) is 78.3 cm³/mol. The quantitative estimate of drug-likeness (QED) is 0.822. The molecule has 0 fully saturated rings. The average molecular weight is 338 g/mol. The van der Waals surface area contributed by atoms with E-state index in [0.717, 1.165) is 0 Å². The molecule has 124 valence electrons. The number of hydrogen-bond acceptors (Lipinski definition) is 3. The van der Waals surface area contributed by atoms with Crippen LogP contribution in [0.5, 0.6) is 5.75 Å². The number of ether oxygens (including phenoxy) is 1. The summed E-state index contributed by atoms with van der Waals surface area (Å²) in [6.45, 7) is 4.89. The highest BCUT2D eigenvalue weighted by Gasteiger charge is 2.63. The molecule has 0 amide bonds. The van der Waals surface area contributed by atoms with Crippen LogP contribution in [0.2, 0.25) is 5.02 Å². The first-order valence-corrected chi connectivity index (χ1v) is 7.17. The largest absolute Gasteiger partial charge is 0.495 e. The molecule has 2 atom stereocenters. The van der Waals surface area contributed by atoms with Crippen LogP contribution in [0.3, 0.4) is 0 Å². The Bertz CT molecular complexity index is 616. The summed E-state index contributed by atoms with van der Waals surface area (Å²) in [5.41, 5.74) is 3.10. The molecule has 3 N–H and O–H groups in total. The van der Waals surface area contributed by atoms with Crippen molar-refractivity contribution < 1.29 is 23.0 Å².